The maximum atomic E-state index is 13.6. The van der Waals surface area contributed by atoms with Crippen molar-refractivity contribution < 1.29 is 18.0 Å². The minimum absolute atomic E-state index is 0.205. The molecular formula is C30H36N6O4S. The zero-order valence-corrected chi connectivity index (χ0v) is 24.8. The Hall–Kier alpha value is -3.86. The van der Waals surface area contributed by atoms with E-state index >= 15 is 0 Å². The van der Waals surface area contributed by atoms with Gasteiger partial charge in [0.2, 0.25) is 0 Å². The minimum Gasteiger partial charge on any atom is -0.362 e. The number of fused-ring (bicyclic) bond motifs is 6. The molecule has 1 amide bonds. The summed E-state index contributed by atoms with van der Waals surface area (Å²) < 4.78 is 28.9. The van der Waals surface area contributed by atoms with Gasteiger partial charge in [-0.2, -0.15) is 8.42 Å². The first-order valence-corrected chi connectivity index (χ1v) is 15.3. The van der Waals surface area contributed by atoms with Crippen LogP contribution in [0, 0.1) is 5.92 Å². The summed E-state index contributed by atoms with van der Waals surface area (Å²) in [5, 5.41) is 3.07. The minimum atomic E-state index is -4.29. The van der Waals surface area contributed by atoms with E-state index in [9.17, 15) is 18.0 Å². The standard InChI is InChI=1S/C30H36N6O4S/c1-29(2,3)24-14-11-21-27(33-24)36-17-19(15-30(36,4)5)9-13-23(22-12-10-20(18-37)16-31-22)32-25-7-6-8-26(34-25)41(39,40)35-28(21)38/h6-8,10-12,14,16,18-19,23H,9,13,15,17H2,1-5H3,(H,32,34)(H,35,38)/t19-,23?/m0/s1. The molecule has 0 spiro atoms. The number of hydrogen-bond acceptors (Lipinski definition) is 9. The lowest BCUT2D eigenvalue weighted by atomic mass is 9.90. The summed E-state index contributed by atoms with van der Waals surface area (Å²) in [6.07, 6.45) is 4.68. The normalized spacial score (nSPS) is 22.0. The van der Waals surface area contributed by atoms with Gasteiger partial charge >= 0.3 is 0 Å². The highest BCUT2D eigenvalue weighted by atomic mass is 32.2. The van der Waals surface area contributed by atoms with Crippen LogP contribution in [0.25, 0.3) is 0 Å². The second-order valence-electron chi connectivity index (χ2n) is 12.5. The highest BCUT2D eigenvalue weighted by molar-refractivity contribution is 7.90. The van der Waals surface area contributed by atoms with Gasteiger partial charge in [-0.3, -0.25) is 14.6 Å². The van der Waals surface area contributed by atoms with Crippen LogP contribution in [0.5, 0.6) is 0 Å². The van der Waals surface area contributed by atoms with E-state index < -0.39 is 15.9 Å². The number of rotatable bonds is 2. The number of carbonyl (C=O) groups excluding carboxylic acids is 2. The van der Waals surface area contributed by atoms with E-state index in [1.54, 1.807) is 36.4 Å². The molecular weight excluding hydrogens is 540 g/mol. The molecule has 0 saturated carbocycles. The Morgan fingerprint density at radius 2 is 1.83 bits per heavy atom. The fourth-order valence-electron chi connectivity index (χ4n) is 5.64. The monoisotopic (exact) mass is 576 g/mol. The van der Waals surface area contributed by atoms with Crippen molar-refractivity contribution in [2.24, 2.45) is 5.92 Å². The van der Waals surface area contributed by atoms with E-state index in [1.165, 1.54) is 12.3 Å². The van der Waals surface area contributed by atoms with Crippen LogP contribution in [0.4, 0.5) is 11.6 Å². The molecule has 2 aliphatic heterocycles. The molecule has 3 aromatic heterocycles. The van der Waals surface area contributed by atoms with E-state index in [-0.39, 0.29) is 33.5 Å². The molecule has 0 radical (unpaired) electrons. The highest BCUT2D eigenvalue weighted by Gasteiger charge is 2.41. The van der Waals surface area contributed by atoms with Gasteiger partial charge in [-0.15, -0.1) is 0 Å². The van der Waals surface area contributed by atoms with Crippen LogP contribution in [0.3, 0.4) is 0 Å². The maximum Gasteiger partial charge on any atom is 0.281 e. The molecule has 41 heavy (non-hydrogen) atoms. The lowest BCUT2D eigenvalue weighted by Crippen LogP contribution is -2.41. The predicted molar refractivity (Wildman–Crippen MR) is 157 cm³/mol. The van der Waals surface area contributed by atoms with Gasteiger partial charge in [0.1, 0.15) is 11.6 Å². The van der Waals surface area contributed by atoms with E-state index in [1.807, 2.05) is 0 Å². The number of nitrogens with one attached hydrogen (secondary N) is 2. The number of pyridine rings is 3. The lowest BCUT2D eigenvalue weighted by molar-refractivity contribution is 0.0980. The van der Waals surface area contributed by atoms with Crippen molar-refractivity contribution in [3.8, 4) is 0 Å². The Morgan fingerprint density at radius 3 is 2.51 bits per heavy atom. The molecule has 3 aromatic rings. The molecule has 2 atom stereocenters. The van der Waals surface area contributed by atoms with E-state index in [0.717, 1.165) is 30.5 Å². The fourth-order valence-corrected chi connectivity index (χ4v) is 6.58. The van der Waals surface area contributed by atoms with Gasteiger partial charge in [-0.1, -0.05) is 26.8 Å². The summed E-state index contributed by atoms with van der Waals surface area (Å²) in [7, 11) is -4.29. The smallest absolute Gasteiger partial charge is 0.281 e. The predicted octanol–water partition coefficient (Wildman–Crippen LogP) is 4.65. The Balaban J connectivity index is 1.62. The summed E-state index contributed by atoms with van der Waals surface area (Å²) in [6, 6.07) is 11.3. The van der Waals surface area contributed by atoms with Gasteiger partial charge in [-0.05, 0) is 75.4 Å². The van der Waals surface area contributed by atoms with Gasteiger partial charge in [0.25, 0.3) is 15.9 Å². The fraction of sp³-hybridized carbons (Fsp3) is 0.433. The molecule has 5 heterocycles. The summed E-state index contributed by atoms with van der Waals surface area (Å²) in [5.41, 5.74) is 1.62. The second kappa shape index (κ2) is 10.5. The third-order valence-electron chi connectivity index (χ3n) is 7.82. The van der Waals surface area contributed by atoms with Gasteiger partial charge in [0.05, 0.1) is 17.3 Å². The number of anilines is 2. The largest absolute Gasteiger partial charge is 0.362 e. The molecule has 11 heteroatoms. The van der Waals surface area contributed by atoms with Crippen molar-refractivity contribution in [3.63, 3.8) is 0 Å². The zero-order valence-electron chi connectivity index (χ0n) is 24.0. The first-order chi connectivity index (χ1) is 19.3. The third-order valence-corrected chi connectivity index (χ3v) is 9.05. The third kappa shape index (κ3) is 5.95. The molecule has 0 aromatic carbocycles. The Morgan fingerprint density at radius 1 is 1.05 bits per heavy atom. The van der Waals surface area contributed by atoms with Gasteiger partial charge < -0.3 is 10.2 Å². The van der Waals surface area contributed by atoms with Crippen LogP contribution in [-0.4, -0.2) is 47.6 Å². The number of sulfonamides is 1. The molecule has 1 saturated heterocycles. The molecule has 10 nitrogen and oxygen atoms in total. The maximum absolute atomic E-state index is 13.6. The molecule has 2 aliphatic rings. The van der Waals surface area contributed by atoms with Crippen molar-refractivity contribution in [1.29, 1.82) is 0 Å². The SMILES string of the molecule is CC(C)(C)c1ccc2c(n1)N1C[C@@H](CCC(c3ccc(C=O)cn3)Nc3cccc(n3)S(=O)(=O)NC2=O)CC1(C)C. The number of aldehydes is 1. The highest BCUT2D eigenvalue weighted by Crippen LogP contribution is 2.41. The summed E-state index contributed by atoms with van der Waals surface area (Å²) >= 11 is 0. The quantitative estimate of drug-likeness (QED) is 0.418. The number of nitrogens with zero attached hydrogens (tertiary/aromatic N) is 4. The number of hydrogen-bond donors (Lipinski definition) is 2. The average molecular weight is 577 g/mol. The van der Waals surface area contributed by atoms with Gasteiger partial charge in [-0.25, -0.2) is 14.7 Å². The van der Waals surface area contributed by atoms with Crippen LogP contribution in [-0.2, 0) is 15.4 Å². The molecule has 1 unspecified atom stereocenters. The molecule has 0 aliphatic carbocycles. The summed E-state index contributed by atoms with van der Waals surface area (Å²) in [5.74, 6) is 0.356. The van der Waals surface area contributed by atoms with Crippen molar-refractivity contribution in [2.45, 2.75) is 75.9 Å². The van der Waals surface area contributed by atoms with Gasteiger partial charge in [0, 0.05) is 35.0 Å². The Labute approximate surface area is 241 Å². The Kier molecular flexibility index (Phi) is 7.35. The lowest BCUT2D eigenvalue weighted by Gasteiger charge is -2.34. The van der Waals surface area contributed by atoms with Crippen LogP contribution in [0.1, 0.15) is 92.0 Å². The van der Waals surface area contributed by atoms with Crippen molar-refractivity contribution in [3.05, 3.63) is 71.2 Å². The molecule has 2 N–H and O–H groups in total. The number of amides is 1. The van der Waals surface area contributed by atoms with Gasteiger partial charge in [0.15, 0.2) is 11.3 Å². The second-order valence-corrected chi connectivity index (χ2v) is 14.1. The summed E-state index contributed by atoms with van der Waals surface area (Å²) in [6.45, 7) is 11.1. The molecule has 216 valence electrons. The van der Waals surface area contributed by atoms with E-state index in [0.29, 0.717) is 30.2 Å². The number of carbonyl (C=O) groups is 2. The van der Waals surface area contributed by atoms with Crippen molar-refractivity contribution in [1.82, 2.24) is 19.7 Å². The first-order valence-electron chi connectivity index (χ1n) is 13.8. The van der Waals surface area contributed by atoms with Crippen LogP contribution in [0.2, 0.25) is 0 Å². The molecule has 4 bridgehead atoms. The Bertz CT molecular complexity index is 1580. The topological polar surface area (TPSA) is 134 Å². The van der Waals surface area contributed by atoms with E-state index in [2.05, 4.69) is 59.5 Å². The summed E-state index contributed by atoms with van der Waals surface area (Å²) in [4.78, 5) is 40.7. The average Bonchev–Trinajstić information content (AvgIpc) is 3.23. The van der Waals surface area contributed by atoms with Crippen molar-refractivity contribution in [2.75, 3.05) is 16.8 Å². The number of aromatic nitrogens is 3. The van der Waals surface area contributed by atoms with Crippen LogP contribution in [0.15, 0.2) is 53.7 Å². The van der Waals surface area contributed by atoms with Crippen LogP contribution < -0.4 is 14.9 Å². The first kappa shape index (κ1) is 28.7. The van der Waals surface area contributed by atoms with Crippen LogP contribution >= 0.6 is 0 Å². The molecule has 5 rings (SSSR count). The van der Waals surface area contributed by atoms with E-state index in [4.69, 9.17) is 4.98 Å². The van der Waals surface area contributed by atoms with Crippen molar-refractivity contribution >= 4 is 33.9 Å². The zero-order chi connectivity index (χ0) is 29.6. The molecule has 1 fully saturated rings.